The lowest BCUT2D eigenvalue weighted by molar-refractivity contribution is 0.504. The second-order valence-corrected chi connectivity index (χ2v) is 5.40. The van der Waals surface area contributed by atoms with Crippen molar-refractivity contribution in [3.05, 3.63) is 36.4 Å². The summed E-state index contributed by atoms with van der Waals surface area (Å²) in [5.74, 6) is 0. The maximum absolute atomic E-state index is 2.00. The molecule has 0 atom stereocenters. The fourth-order valence-electron chi connectivity index (χ4n) is 1.52. The fraction of sp³-hybridized carbons (Fsp3) is 0.667. The van der Waals surface area contributed by atoms with Gasteiger partial charge in [0.2, 0.25) is 0 Å². The minimum atomic E-state index is 1.50. The van der Waals surface area contributed by atoms with Gasteiger partial charge in [0.05, 0.1) is 0 Å². The average molecular weight is 246 g/mol. The third-order valence-electron chi connectivity index (χ3n) is 3.27. The molecule has 4 rings (SSSR count). The van der Waals surface area contributed by atoms with Crippen LogP contribution in [0.3, 0.4) is 0 Å². The van der Waals surface area contributed by atoms with Gasteiger partial charge >= 0.3 is 0 Å². The zero-order valence-corrected chi connectivity index (χ0v) is 11.9. The predicted molar refractivity (Wildman–Crippen MR) is 81.8 cm³/mol. The van der Waals surface area contributed by atoms with E-state index in [9.17, 15) is 0 Å². The number of hydrogen-bond donors (Lipinski definition) is 0. The van der Waals surface area contributed by atoms with E-state index in [2.05, 4.69) is 0 Å². The molecule has 18 heavy (non-hydrogen) atoms. The van der Waals surface area contributed by atoms with Crippen molar-refractivity contribution >= 4 is 0 Å². The van der Waals surface area contributed by atoms with Crippen LogP contribution < -0.4 is 0 Å². The first-order valence-corrected chi connectivity index (χ1v) is 8.00. The molecule has 0 bridgehead atoms. The molecule has 0 spiro atoms. The van der Waals surface area contributed by atoms with Gasteiger partial charge in [-0.3, -0.25) is 0 Å². The van der Waals surface area contributed by atoms with Crippen molar-refractivity contribution in [1.29, 1.82) is 0 Å². The molecule has 0 amide bonds. The van der Waals surface area contributed by atoms with Crippen molar-refractivity contribution in [2.24, 2.45) is 0 Å². The molecule has 0 heterocycles. The van der Waals surface area contributed by atoms with Crippen LogP contribution in [0.2, 0.25) is 0 Å². The molecule has 0 nitrogen and oxygen atoms in total. The molecule has 0 heteroatoms. The van der Waals surface area contributed by atoms with Gasteiger partial charge in [-0.05, 0) is 0 Å². The lowest BCUT2D eigenvalue weighted by atomic mass is 10.0. The van der Waals surface area contributed by atoms with E-state index in [0.29, 0.717) is 0 Å². The van der Waals surface area contributed by atoms with E-state index in [0.717, 1.165) is 0 Å². The summed E-state index contributed by atoms with van der Waals surface area (Å²) in [6.45, 7) is 0. The zero-order valence-electron chi connectivity index (χ0n) is 11.9. The normalized spacial score (nSPS) is 18.7. The molecule has 0 unspecified atom stereocenters. The highest BCUT2D eigenvalue weighted by Gasteiger charge is 1.96. The Kier molecular flexibility index (Phi) is 10.8. The van der Waals surface area contributed by atoms with Crippen LogP contribution in [-0.4, -0.2) is 0 Å². The molecule has 3 aliphatic rings. The molecular formula is C18H30. The maximum atomic E-state index is 2.00. The summed E-state index contributed by atoms with van der Waals surface area (Å²) in [7, 11) is 0. The van der Waals surface area contributed by atoms with E-state index in [1.54, 1.807) is 0 Å². The van der Waals surface area contributed by atoms with Crippen LogP contribution in [0.15, 0.2) is 36.4 Å². The smallest absolute Gasteiger partial charge is 0.0533 e. The Morgan fingerprint density at radius 2 is 0.333 bits per heavy atom. The molecule has 3 fully saturated rings. The fourth-order valence-corrected chi connectivity index (χ4v) is 1.52. The van der Waals surface area contributed by atoms with E-state index < -0.39 is 0 Å². The summed E-state index contributed by atoms with van der Waals surface area (Å²) in [6.07, 6.45) is 18.0. The topological polar surface area (TPSA) is 0 Å². The third kappa shape index (κ3) is 13.3. The molecular weight excluding hydrogens is 216 g/mol. The Morgan fingerprint density at radius 1 is 0.222 bits per heavy atom. The summed E-state index contributed by atoms with van der Waals surface area (Å²) in [5, 5.41) is 0. The predicted octanol–water partition coefficient (Wildman–Crippen LogP) is 6.37. The average Bonchev–Trinajstić information content (AvgIpc) is 3.12. The Labute approximate surface area is 114 Å². The van der Waals surface area contributed by atoms with Gasteiger partial charge in [-0.2, -0.15) is 0 Å². The first-order valence-electron chi connectivity index (χ1n) is 8.00. The van der Waals surface area contributed by atoms with Crippen LogP contribution in [0.4, 0.5) is 0 Å². The summed E-state index contributed by atoms with van der Waals surface area (Å²) < 4.78 is 0. The Hall–Kier alpha value is -0.780. The van der Waals surface area contributed by atoms with Crippen LogP contribution in [0.1, 0.15) is 77.0 Å². The summed E-state index contributed by atoms with van der Waals surface area (Å²) in [6, 6.07) is 12.0. The van der Waals surface area contributed by atoms with Crippen molar-refractivity contribution in [2.75, 3.05) is 0 Å². The van der Waals surface area contributed by atoms with Gasteiger partial charge in [0, 0.05) is 0 Å². The monoisotopic (exact) mass is 246 g/mol. The van der Waals surface area contributed by atoms with E-state index >= 15 is 0 Å². The van der Waals surface area contributed by atoms with Gasteiger partial charge in [0.25, 0.3) is 0 Å². The maximum Gasteiger partial charge on any atom is -0.0533 e. The van der Waals surface area contributed by atoms with Crippen molar-refractivity contribution < 1.29 is 0 Å². The molecule has 102 valence electrons. The molecule has 0 radical (unpaired) electrons. The van der Waals surface area contributed by atoms with E-state index in [-0.39, 0.29) is 0 Å². The number of benzene rings is 1. The standard InChI is InChI=1S/C6H6.C5H10.C4H8.C3H6/c1-2-4-6-5-3-1;1-2-4-5-3-1;1-2-4-3-1;1-2-3-1/h1-6H;1-5H2;1-4H2;1-3H2. The second-order valence-electron chi connectivity index (χ2n) is 5.40. The Balaban J connectivity index is 0.000000123. The van der Waals surface area contributed by atoms with Crippen molar-refractivity contribution in [1.82, 2.24) is 0 Å². The van der Waals surface area contributed by atoms with Gasteiger partial charge in [0.15, 0.2) is 0 Å². The molecule has 1 aromatic carbocycles. The lowest BCUT2D eigenvalue weighted by Crippen LogP contribution is -1.85. The minimum absolute atomic E-state index is 1.50. The van der Waals surface area contributed by atoms with E-state index in [1.165, 1.54) is 77.0 Å². The largest absolute Gasteiger partial charge is 0.0623 e. The highest BCUT2D eigenvalue weighted by Crippen LogP contribution is 2.15. The molecule has 3 saturated carbocycles. The van der Waals surface area contributed by atoms with Gasteiger partial charge < -0.3 is 0 Å². The third-order valence-corrected chi connectivity index (χ3v) is 3.27. The molecule has 0 aliphatic heterocycles. The summed E-state index contributed by atoms with van der Waals surface area (Å²) >= 11 is 0. The highest BCUT2D eigenvalue weighted by molar-refractivity contribution is 4.99. The van der Waals surface area contributed by atoms with Crippen molar-refractivity contribution in [3.63, 3.8) is 0 Å². The molecule has 0 N–H and O–H groups in total. The quantitative estimate of drug-likeness (QED) is 0.499. The molecule has 0 saturated heterocycles. The van der Waals surface area contributed by atoms with Gasteiger partial charge in [-0.25, -0.2) is 0 Å². The van der Waals surface area contributed by atoms with Crippen LogP contribution in [0.25, 0.3) is 0 Å². The zero-order chi connectivity index (χ0) is 12.7. The molecule has 0 aromatic heterocycles. The van der Waals surface area contributed by atoms with Crippen LogP contribution in [-0.2, 0) is 0 Å². The van der Waals surface area contributed by atoms with Gasteiger partial charge in [0.1, 0.15) is 0 Å². The highest BCUT2D eigenvalue weighted by atomic mass is 14.0. The Morgan fingerprint density at radius 3 is 0.444 bits per heavy atom. The summed E-state index contributed by atoms with van der Waals surface area (Å²) in [5.41, 5.74) is 0. The van der Waals surface area contributed by atoms with Gasteiger partial charge in [-0.1, -0.05) is 113 Å². The number of hydrogen-bond acceptors (Lipinski definition) is 0. The van der Waals surface area contributed by atoms with E-state index in [1.807, 2.05) is 36.4 Å². The van der Waals surface area contributed by atoms with Crippen LogP contribution in [0, 0.1) is 0 Å². The summed E-state index contributed by atoms with van der Waals surface area (Å²) in [4.78, 5) is 0. The first-order chi connectivity index (χ1) is 9.00. The lowest BCUT2D eigenvalue weighted by Gasteiger charge is -2.05. The van der Waals surface area contributed by atoms with Crippen LogP contribution in [0.5, 0.6) is 0 Å². The second kappa shape index (κ2) is 12.7. The van der Waals surface area contributed by atoms with Crippen molar-refractivity contribution in [2.45, 2.75) is 77.0 Å². The van der Waals surface area contributed by atoms with E-state index in [4.69, 9.17) is 0 Å². The van der Waals surface area contributed by atoms with Crippen molar-refractivity contribution in [3.8, 4) is 0 Å². The molecule has 3 aliphatic carbocycles. The minimum Gasteiger partial charge on any atom is -0.0623 e. The molecule has 1 aromatic rings. The van der Waals surface area contributed by atoms with Gasteiger partial charge in [-0.15, -0.1) is 0 Å². The Bertz CT molecular complexity index is 188. The SMILES string of the molecule is C1CC1.C1CCC1.C1CCCC1.c1ccccc1. The number of rotatable bonds is 0. The first kappa shape index (κ1) is 15.3. The van der Waals surface area contributed by atoms with Crippen LogP contribution >= 0.6 is 0 Å².